The molecule has 19 heavy (non-hydrogen) atoms. The highest BCUT2D eigenvalue weighted by molar-refractivity contribution is 5.06. The Hall–Kier alpha value is -0.830. The third-order valence-electron chi connectivity index (χ3n) is 4.60. The zero-order valence-corrected chi connectivity index (χ0v) is 12.7. The fraction of sp³-hybridized carbons (Fsp3) is 0.812. The van der Waals surface area contributed by atoms with Crippen LogP contribution in [0.25, 0.3) is 0 Å². The van der Waals surface area contributed by atoms with Crippen molar-refractivity contribution >= 4 is 0 Å². The van der Waals surface area contributed by atoms with E-state index in [4.69, 9.17) is 0 Å². The van der Waals surface area contributed by atoms with Crippen molar-refractivity contribution < 1.29 is 0 Å². The summed E-state index contributed by atoms with van der Waals surface area (Å²) in [6, 6.07) is 0.457. The van der Waals surface area contributed by atoms with Crippen molar-refractivity contribution in [1.82, 2.24) is 14.9 Å². The van der Waals surface area contributed by atoms with E-state index in [9.17, 15) is 0 Å². The van der Waals surface area contributed by atoms with E-state index in [-0.39, 0.29) is 0 Å². The fourth-order valence-electron chi connectivity index (χ4n) is 3.34. The maximum atomic E-state index is 4.58. The molecule has 108 valence electrons. The summed E-state index contributed by atoms with van der Waals surface area (Å²) >= 11 is 0. The Balaban J connectivity index is 2.01. The third-order valence-corrected chi connectivity index (χ3v) is 4.60. The van der Waals surface area contributed by atoms with Crippen molar-refractivity contribution in [3.63, 3.8) is 0 Å². The SMILES string of the molecule is CCCNC(c1cn(C)cn1)C1CCC(CC)CC1. The van der Waals surface area contributed by atoms with Crippen molar-refractivity contribution in [3.8, 4) is 0 Å². The highest BCUT2D eigenvalue weighted by atomic mass is 15.0. The van der Waals surface area contributed by atoms with Crippen LogP contribution >= 0.6 is 0 Å². The van der Waals surface area contributed by atoms with Gasteiger partial charge in [-0.05, 0) is 37.6 Å². The molecule has 2 rings (SSSR count). The van der Waals surface area contributed by atoms with Crippen LogP contribution in [0.2, 0.25) is 0 Å². The first-order valence-electron chi connectivity index (χ1n) is 7.95. The summed E-state index contributed by atoms with van der Waals surface area (Å²) in [5, 5.41) is 3.73. The first kappa shape index (κ1) is 14.6. The van der Waals surface area contributed by atoms with Crippen LogP contribution in [0.5, 0.6) is 0 Å². The van der Waals surface area contributed by atoms with Gasteiger partial charge in [0.05, 0.1) is 18.1 Å². The predicted molar refractivity (Wildman–Crippen MR) is 80.0 cm³/mol. The van der Waals surface area contributed by atoms with Crippen LogP contribution in [0.15, 0.2) is 12.5 Å². The lowest BCUT2D eigenvalue weighted by Crippen LogP contribution is -2.31. The summed E-state index contributed by atoms with van der Waals surface area (Å²) in [5.74, 6) is 1.73. The van der Waals surface area contributed by atoms with Crippen molar-refractivity contribution in [1.29, 1.82) is 0 Å². The van der Waals surface area contributed by atoms with Gasteiger partial charge in [0.15, 0.2) is 0 Å². The van der Waals surface area contributed by atoms with Crippen LogP contribution in [-0.4, -0.2) is 16.1 Å². The van der Waals surface area contributed by atoms with Crippen LogP contribution in [0.1, 0.15) is 64.1 Å². The first-order valence-corrected chi connectivity index (χ1v) is 7.95. The van der Waals surface area contributed by atoms with Gasteiger partial charge < -0.3 is 9.88 Å². The first-order chi connectivity index (χ1) is 9.24. The van der Waals surface area contributed by atoms with E-state index in [0.717, 1.165) is 18.4 Å². The number of hydrogen-bond donors (Lipinski definition) is 1. The van der Waals surface area contributed by atoms with Gasteiger partial charge in [0.25, 0.3) is 0 Å². The molecule has 0 aromatic carbocycles. The molecule has 0 bridgehead atoms. The highest BCUT2D eigenvalue weighted by Crippen LogP contribution is 2.37. The van der Waals surface area contributed by atoms with Crippen LogP contribution < -0.4 is 5.32 Å². The smallest absolute Gasteiger partial charge is 0.0947 e. The molecule has 1 saturated carbocycles. The van der Waals surface area contributed by atoms with Crippen molar-refractivity contribution in [2.75, 3.05) is 6.54 Å². The summed E-state index contributed by atoms with van der Waals surface area (Å²) in [7, 11) is 2.06. The molecule has 1 heterocycles. The molecule has 3 heteroatoms. The summed E-state index contributed by atoms with van der Waals surface area (Å²) in [5.41, 5.74) is 1.23. The lowest BCUT2D eigenvalue weighted by atomic mass is 9.77. The van der Waals surface area contributed by atoms with Gasteiger partial charge in [0.2, 0.25) is 0 Å². The molecule has 1 fully saturated rings. The molecule has 0 spiro atoms. The highest BCUT2D eigenvalue weighted by Gasteiger charge is 2.28. The number of rotatable bonds is 6. The zero-order chi connectivity index (χ0) is 13.7. The second kappa shape index (κ2) is 7.09. The fourth-order valence-corrected chi connectivity index (χ4v) is 3.34. The van der Waals surface area contributed by atoms with Crippen LogP contribution in [0.4, 0.5) is 0 Å². The second-order valence-corrected chi connectivity index (χ2v) is 6.08. The number of nitrogens with one attached hydrogen (secondary N) is 1. The van der Waals surface area contributed by atoms with E-state index in [1.54, 1.807) is 0 Å². The minimum Gasteiger partial charge on any atom is -0.340 e. The molecule has 0 radical (unpaired) electrons. The molecule has 1 aliphatic carbocycles. The molecule has 1 aromatic heterocycles. The molecule has 1 unspecified atom stereocenters. The Bertz CT molecular complexity index is 364. The molecule has 1 N–H and O–H groups in total. The van der Waals surface area contributed by atoms with Gasteiger partial charge in [-0.3, -0.25) is 0 Å². The zero-order valence-electron chi connectivity index (χ0n) is 12.7. The molecular weight excluding hydrogens is 234 g/mol. The molecule has 0 saturated heterocycles. The lowest BCUT2D eigenvalue weighted by Gasteiger charge is -2.33. The van der Waals surface area contributed by atoms with E-state index >= 15 is 0 Å². The molecule has 1 aromatic rings. The van der Waals surface area contributed by atoms with Crippen LogP contribution in [0.3, 0.4) is 0 Å². The van der Waals surface area contributed by atoms with E-state index in [1.165, 1.54) is 44.2 Å². The average molecular weight is 263 g/mol. The maximum Gasteiger partial charge on any atom is 0.0947 e. The van der Waals surface area contributed by atoms with Gasteiger partial charge >= 0.3 is 0 Å². The minimum absolute atomic E-state index is 0.457. The number of hydrogen-bond acceptors (Lipinski definition) is 2. The molecule has 0 aliphatic heterocycles. The molecular formula is C16H29N3. The van der Waals surface area contributed by atoms with Gasteiger partial charge in [-0.1, -0.05) is 33.1 Å². The molecule has 3 nitrogen and oxygen atoms in total. The van der Waals surface area contributed by atoms with Gasteiger partial charge in [0.1, 0.15) is 0 Å². The Kier molecular flexibility index (Phi) is 5.44. The molecule has 1 aliphatic rings. The Morgan fingerprint density at radius 1 is 1.32 bits per heavy atom. The van der Waals surface area contributed by atoms with Gasteiger partial charge in [0, 0.05) is 13.2 Å². The summed E-state index contributed by atoms with van der Waals surface area (Å²) in [4.78, 5) is 4.58. The van der Waals surface area contributed by atoms with Crippen LogP contribution in [-0.2, 0) is 7.05 Å². The maximum absolute atomic E-state index is 4.58. The minimum atomic E-state index is 0.457. The predicted octanol–water partition coefficient (Wildman–Crippen LogP) is 3.68. The monoisotopic (exact) mass is 263 g/mol. The van der Waals surface area contributed by atoms with Gasteiger partial charge in [-0.25, -0.2) is 4.98 Å². The summed E-state index contributed by atoms with van der Waals surface area (Å²) in [6.07, 6.45) is 12.2. The van der Waals surface area contributed by atoms with Gasteiger partial charge in [-0.15, -0.1) is 0 Å². The number of imidazole rings is 1. The Morgan fingerprint density at radius 3 is 2.58 bits per heavy atom. The molecule has 0 amide bonds. The average Bonchev–Trinajstić information content (AvgIpc) is 2.86. The Labute approximate surface area is 117 Å². The van der Waals surface area contributed by atoms with Crippen molar-refractivity contribution in [2.45, 2.75) is 58.4 Å². The van der Waals surface area contributed by atoms with Crippen molar-refractivity contribution in [2.24, 2.45) is 18.9 Å². The van der Waals surface area contributed by atoms with E-state index in [0.29, 0.717) is 6.04 Å². The number of aryl methyl sites for hydroxylation is 1. The largest absolute Gasteiger partial charge is 0.340 e. The second-order valence-electron chi connectivity index (χ2n) is 6.08. The van der Waals surface area contributed by atoms with Gasteiger partial charge in [-0.2, -0.15) is 0 Å². The van der Waals surface area contributed by atoms with Crippen LogP contribution in [0, 0.1) is 11.8 Å². The summed E-state index contributed by atoms with van der Waals surface area (Å²) in [6.45, 7) is 5.65. The van der Waals surface area contributed by atoms with E-state index in [1.807, 2.05) is 6.33 Å². The lowest BCUT2D eigenvalue weighted by molar-refractivity contribution is 0.216. The number of aromatic nitrogens is 2. The Morgan fingerprint density at radius 2 is 2.05 bits per heavy atom. The molecule has 1 atom stereocenters. The topological polar surface area (TPSA) is 29.9 Å². The third kappa shape index (κ3) is 3.82. The summed E-state index contributed by atoms with van der Waals surface area (Å²) < 4.78 is 2.06. The standard InChI is InChI=1S/C16H29N3/c1-4-10-17-16(15-11-19(3)12-18-15)14-8-6-13(5-2)7-9-14/h11-14,16-17H,4-10H2,1-3H3. The van der Waals surface area contributed by atoms with E-state index < -0.39 is 0 Å². The van der Waals surface area contributed by atoms with E-state index in [2.05, 4.69) is 42.0 Å². The number of nitrogens with zero attached hydrogens (tertiary/aromatic N) is 2. The normalized spacial score (nSPS) is 25.4. The van der Waals surface area contributed by atoms with Crippen molar-refractivity contribution in [3.05, 3.63) is 18.2 Å². The quantitative estimate of drug-likeness (QED) is 0.848.